The molecule has 0 spiro atoms. The summed E-state index contributed by atoms with van der Waals surface area (Å²) < 4.78 is 3.29. The van der Waals surface area contributed by atoms with Crippen molar-refractivity contribution in [3.05, 3.63) is 73.5 Å². The van der Waals surface area contributed by atoms with Gasteiger partial charge in [0.05, 0.1) is 55.4 Å². The van der Waals surface area contributed by atoms with Gasteiger partial charge in [-0.2, -0.15) is 0 Å². The Morgan fingerprint density at radius 1 is 0.491 bits per heavy atom. The fourth-order valence-corrected chi connectivity index (χ4v) is 18.2. The SMILES string of the molecule is C[N+]1(C)CC2=C(C1)C1C3C4=c5c6c7c8c(c9c7c7c(c%10c%11c(c%12c%13ccc%14c2c3c2c5c3c6c7c%10c%12c3c%13c%142)C[N+](C)(C)C%11)C2C[N+](C)(C)CC92)C=CC1C48. The highest BCUT2D eigenvalue weighted by molar-refractivity contribution is 6.59. The molecule has 6 atom stereocenters. The molecule has 0 aromatic heterocycles. The number of allylic oxidation sites excluding steroid dienone is 1. The number of benzene rings is 5. The van der Waals surface area contributed by atoms with Gasteiger partial charge in [-0.25, -0.2) is 0 Å². The number of hydrogen-bond donors (Lipinski definition) is 0. The van der Waals surface area contributed by atoms with E-state index in [1.54, 1.807) is 152 Å². The molecule has 0 bridgehead atoms. The van der Waals surface area contributed by atoms with Crippen molar-refractivity contribution >= 4 is 114 Å². The lowest BCUT2D eigenvalue weighted by molar-refractivity contribution is -0.909. The van der Waals surface area contributed by atoms with E-state index in [2.05, 4.69) is 66.6 Å². The topological polar surface area (TPSA) is 0 Å². The highest BCUT2D eigenvalue weighted by atomic mass is 15.3. The molecule has 1 saturated heterocycles. The third-order valence-corrected chi connectivity index (χ3v) is 18.9. The first kappa shape index (κ1) is 26.3. The van der Waals surface area contributed by atoms with Gasteiger partial charge in [-0.15, -0.1) is 0 Å². The predicted molar refractivity (Wildman–Crippen MR) is 227 cm³/mol. The van der Waals surface area contributed by atoms with Gasteiger partial charge in [0.25, 0.3) is 0 Å². The predicted octanol–water partition coefficient (Wildman–Crippen LogP) is 9.25. The van der Waals surface area contributed by atoms with Gasteiger partial charge in [0.2, 0.25) is 0 Å². The largest absolute Gasteiger partial charge is 0.327 e. The Morgan fingerprint density at radius 3 is 1.91 bits per heavy atom. The van der Waals surface area contributed by atoms with Crippen LogP contribution in [0.25, 0.3) is 114 Å². The molecule has 9 aliphatic rings. The number of likely N-dealkylation sites (tertiary alicyclic amines) is 1. The van der Waals surface area contributed by atoms with Gasteiger partial charge >= 0.3 is 0 Å². The summed E-state index contributed by atoms with van der Waals surface area (Å²) in [6.45, 7) is 7.20. The van der Waals surface area contributed by atoms with Crippen LogP contribution in [0.1, 0.15) is 68.2 Å². The maximum atomic E-state index is 2.81. The highest BCUT2D eigenvalue weighted by Gasteiger charge is 2.62. The Hall–Kier alpha value is -4.54. The third-order valence-electron chi connectivity index (χ3n) is 18.9. The molecular weight excluding hydrogens is 667 g/mol. The first-order valence-electron chi connectivity index (χ1n) is 21.5. The quantitative estimate of drug-likeness (QED) is 0.109. The first-order valence-corrected chi connectivity index (χ1v) is 21.5. The number of likely N-dealkylation sites (N-methyl/N-ethyl adjacent to an activating group) is 2. The number of rotatable bonds is 0. The van der Waals surface area contributed by atoms with Gasteiger partial charge in [-0.05, 0) is 147 Å². The summed E-state index contributed by atoms with van der Waals surface area (Å²) in [5, 5.41) is 32.2. The molecule has 1 saturated carbocycles. The average molecular weight is 707 g/mol. The van der Waals surface area contributed by atoms with Crippen LogP contribution in [0.2, 0.25) is 0 Å². The Kier molecular flexibility index (Phi) is 3.22. The molecule has 10 aromatic rings. The summed E-state index contributed by atoms with van der Waals surface area (Å²) in [5.74, 6) is 3.39. The van der Waals surface area contributed by atoms with Crippen LogP contribution >= 0.6 is 0 Å². The Bertz CT molecular complexity index is 3880. The number of fused-ring (bicyclic) bond motifs is 13. The van der Waals surface area contributed by atoms with E-state index in [1.165, 1.54) is 26.2 Å². The second-order valence-electron chi connectivity index (χ2n) is 22.8. The molecule has 0 amide bonds. The lowest BCUT2D eigenvalue weighted by Crippen LogP contribution is -2.38. The van der Waals surface area contributed by atoms with Gasteiger partial charge in [0.15, 0.2) is 0 Å². The van der Waals surface area contributed by atoms with Crippen LogP contribution in [0.4, 0.5) is 0 Å². The molecule has 260 valence electrons. The van der Waals surface area contributed by atoms with Crippen LogP contribution in [-0.4, -0.2) is 81.9 Å². The molecule has 10 aromatic carbocycles. The third kappa shape index (κ3) is 2.08. The summed E-state index contributed by atoms with van der Waals surface area (Å²) in [5.41, 5.74) is 19.4. The zero-order valence-electron chi connectivity index (χ0n) is 32.4. The summed E-state index contributed by atoms with van der Waals surface area (Å²) in [7, 11) is 15.2. The molecule has 3 nitrogen and oxygen atoms in total. The lowest BCUT2D eigenvalue weighted by Gasteiger charge is -2.32. The maximum Gasteiger partial charge on any atom is 0.105 e. The number of quaternary nitrogens is 3. The van der Waals surface area contributed by atoms with Crippen molar-refractivity contribution in [2.75, 3.05) is 68.5 Å². The fraction of sp³-hybridized carbons (Fsp3) is 0.346. The maximum absolute atomic E-state index is 2.81. The molecule has 55 heavy (non-hydrogen) atoms. The van der Waals surface area contributed by atoms with E-state index in [1.807, 2.05) is 11.1 Å². The van der Waals surface area contributed by atoms with E-state index in [4.69, 9.17) is 0 Å². The molecular formula is C52H40N3+3. The van der Waals surface area contributed by atoms with Crippen molar-refractivity contribution in [3.63, 3.8) is 0 Å². The highest BCUT2D eigenvalue weighted by Crippen LogP contribution is 2.75. The first-order chi connectivity index (χ1) is 26.5. The monoisotopic (exact) mass is 706 g/mol. The van der Waals surface area contributed by atoms with E-state index in [-0.39, 0.29) is 0 Å². The van der Waals surface area contributed by atoms with Crippen molar-refractivity contribution in [1.82, 2.24) is 0 Å². The van der Waals surface area contributed by atoms with Crippen molar-refractivity contribution < 1.29 is 13.4 Å². The van der Waals surface area contributed by atoms with E-state index < -0.39 is 0 Å². The normalized spacial score (nSPS) is 31.6. The van der Waals surface area contributed by atoms with Gasteiger partial charge in [-0.3, -0.25) is 0 Å². The summed E-state index contributed by atoms with van der Waals surface area (Å²) in [6, 6.07) is 5.30. The molecule has 3 heteroatoms. The van der Waals surface area contributed by atoms with Crippen molar-refractivity contribution in [1.29, 1.82) is 0 Å². The van der Waals surface area contributed by atoms with Gasteiger partial charge in [0, 0.05) is 51.7 Å². The molecule has 3 aliphatic heterocycles. The Morgan fingerprint density at radius 2 is 1.09 bits per heavy atom. The number of hydrogen-bond acceptors (Lipinski definition) is 0. The number of nitrogens with zero attached hydrogens (tertiary/aromatic N) is 3. The summed E-state index contributed by atoms with van der Waals surface area (Å²) in [4.78, 5) is 0. The molecule has 0 N–H and O–H groups in total. The molecule has 6 unspecified atom stereocenters. The van der Waals surface area contributed by atoms with E-state index in [0.29, 0.717) is 35.5 Å². The van der Waals surface area contributed by atoms with Crippen molar-refractivity contribution in [3.8, 4) is 0 Å². The van der Waals surface area contributed by atoms with Crippen molar-refractivity contribution in [2.45, 2.75) is 36.8 Å². The van der Waals surface area contributed by atoms with E-state index >= 15 is 0 Å². The minimum Gasteiger partial charge on any atom is -0.327 e. The summed E-state index contributed by atoms with van der Waals surface area (Å²) in [6.07, 6.45) is 5.55. The zero-order chi connectivity index (χ0) is 35.4. The Labute approximate surface area is 317 Å². The second-order valence-corrected chi connectivity index (χ2v) is 22.8. The van der Waals surface area contributed by atoms with E-state index in [9.17, 15) is 0 Å². The van der Waals surface area contributed by atoms with Crippen LogP contribution in [-0.2, 0) is 13.1 Å². The van der Waals surface area contributed by atoms with Gasteiger partial charge in [-0.1, -0.05) is 24.3 Å². The lowest BCUT2D eigenvalue weighted by atomic mass is 9.69. The zero-order valence-corrected chi connectivity index (χ0v) is 32.4. The van der Waals surface area contributed by atoms with Crippen LogP contribution in [0.15, 0.2) is 23.8 Å². The van der Waals surface area contributed by atoms with Crippen LogP contribution in [0.3, 0.4) is 0 Å². The molecule has 0 radical (unpaired) electrons. The summed E-state index contributed by atoms with van der Waals surface area (Å²) >= 11 is 0. The van der Waals surface area contributed by atoms with Crippen LogP contribution in [0.5, 0.6) is 0 Å². The average Bonchev–Trinajstić information content (AvgIpc) is 3.98. The Balaban J connectivity index is 1.22. The fourth-order valence-electron chi connectivity index (χ4n) is 18.2. The van der Waals surface area contributed by atoms with Crippen LogP contribution in [0, 0.1) is 11.8 Å². The molecule has 6 aliphatic carbocycles. The standard InChI is InChI=1S/C52H40N3/c1-53(2)11-21-22(12-53)28-18-8-10-20-30-24-14-55(5,6)16-26(24)36-35-25-15-54(3,4)13-23(25)29-19-9-7-17-27(21)37-38(28)42-32(18)34(20)44-40(30)46(36)47-45(35)39(29)43-33(19)31(17)41(37)48-49(42)51(44)52(47)50(43)48/h7-10,17,23,25,27,31,37H,11-16H2,1-6H3/q+3. The van der Waals surface area contributed by atoms with E-state index in [0.717, 1.165) is 26.5 Å². The minimum absolute atomic E-state index is 0.523. The second kappa shape index (κ2) is 6.72. The molecule has 19 rings (SSSR count). The van der Waals surface area contributed by atoms with Crippen molar-refractivity contribution in [2.24, 2.45) is 11.8 Å². The molecule has 3 heterocycles. The smallest absolute Gasteiger partial charge is 0.105 e. The molecule has 2 fully saturated rings. The van der Waals surface area contributed by atoms with Gasteiger partial charge < -0.3 is 13.4 Å². The minimum atomic E-state index is 0.523. The van der Waals surface area contributed by atoms with Crippen LogP contribution < -0.4 is 5.22 Å². The van der Waals surface area contributed by atoms with Gasteiger partial charge in [0.1, 0.15) is 26.2 Å².